The van der Waals surface area contributed by atoms with Gasteiger partial charge in [0, 0.05) is 5.56 Å². The van der Waals surface area contributed by atoms with Crippen LogP contribution in [0, 0.1) is 6.92 Å². The summed E-state index contributed by atoms with van der Waals surface area (Å²) in [6, 6.07) is 3.92. The van der Waals surface area contributed by atoms with E-state index in [1.807, 2.05) is 25.1 Å². The van der Waals surface area contributed by atoms with Gasteiger partial charge in [-0.3, -0.25) is 4.79 Å². The fraction of sp³-hybridized carbons (Fsp3) is 0.400. The number of amides is 1. The van der Waals surface area contributed by atoms with Gasteiger partial charge >= 0.3 is 0 Å². The molecule has 3 nitrogen and oxygen atoms in total. The lowest BCUT2D eigenvalue weighted by atomic mass is 9.84. The molecule has 1 heterocycles. The molecule has 0 bridgehead atoms. The third kappa shape index (κ3) is 3.13. The van der Waals surface area contributed by atoms with Crippen LogP contribution in [0.4, 0.5) is 0 Å². The van der Waals surface area contributed by atoms with Crippen LogP contribution in [0.5, 0.6) is 5.75 Å². The van der Waals surface area contributed by atoms with Crippen molar-refractivity contribution in [3.8, 4) is 5.75 Å². The van der Waals surface area contributed by atoms with Gasteiger partial charge in [-0.05, 0) is 41.7 Å². The monoisotopic (exact) mass is 277 g/mol. The van der Waals surface area contributed by atoms with Crippen LogP contribution >= 0.6 is 11.8 Å². The first-order valence-corrected chi connectivity index (χ1v) is 7.24. The second-order valence-corrected chi connectivity index (χ2v) is 6.85. The molecule has 0 radical (unpaired) electrons. The first-order valence-electron chi connectivity index (χ1n) is 6.26. The maximum absolute atomic E-state index is 11.2. The summed E-state index contributed by atoms with van der Waals surface area (Å²) in [5.74, 6) is 0.884. The molecule has 1 aromatic rings. The standard InChI is InChI=1S/C15H19NO2S/c1-9-5-10(7-13-16-12(17)8-19-13)6-11(14(9)18)15(2,3)4/h5-7,18H,8H2,1-4H3,(H,16,17). The number of phenols is 1. The number of hydrogen-bond acceptors (Lipinski definition) is 3. The van der Waals surface area contributed by atoms with E-state index in [0.717, 1.165) is 21.7 Å². The van der Waals surface area contributed by atoms with Gasteiger partial charge in [0.2, 0.25) is 5.91 Å². The van der Waals surface area contributed by atoms with E-state index < -0.39 is 0 Å². The third-order valence-electron chi connectivity index (χ3n) is 3.05. The second kappa shape index (κ2) is 4.93. The van der Waals surface area contributed by atoms with Crippen molar-refractivity contribution in [2.45, 2.75) is 33.1 Å². The van der Waals surface area contributed by atoms with E-state index in [1.54, 1.807) is 0 Å². The molecule has 0 saturated carbocycles. The molecule has 1 saturated heterocycles. The molecule has 0 atom stereocenters. The molecule has 0 spiro atoms. The summed E-state index contributed by atoms with van der Waals surface area (Å²) in [5.41, 5.74) is 2.67. The first kappa shape index (κ1) is 14.0. The predicted octanol–water partition coefficient (Wildman–Crippen LogP) is 3.16. The van der Waals surface area contributed by atoms with Crippen molar-refractivity contribution in [2.75, 3.05) is 5.75 Å². The van der Waals surface area contributed by atoms with Gasteiger partial charge in [-0.15, -0.1) is 0 Å². The van der Waals surface area contributed by atoms with E-state index in [0.29, 0.717) is 11.5 Å². The van der Waals surface area contributed by atoms with E-state index in [2.05, 4.69) is 26.1 Å². The van der Waals surface area contributed by atoms with Crippen molar-refractivity contribution in [3.05, 3.63) is 33.9 Å². The van der Waals surface area contributed by atoms with Gasteiger partial charge < -0.3 is 10.4 Å². The Kier molecular flexibility index (Phi) is 3.63. The normalized spacial score (nSPS) is 17.9. The van der Waals surface area contributed by atoms with Crippen molar-refractivity contribution < 1.29 is 9.90 Å². The predicted molar refractivity (Wildman–Crippen MR) is 80.1 cm³/mol. The van der Waals surface area contributed by atoms with E-state index in [4.69, 9.17) is 0 Å². The van der Waals surface area contributed by atoms with Crippen molar-refractivity contribution in [1.82, 2.24) is 5.32 Å². The van der Waals surface area contributed by atoms with Crippen LogP contribution in [0.2, 0.25) is 0 Å². The smallest absolute Gasteiger partial charge is 0.235 e. The van der Waals surface area contributed by atoms with Crippen LogP contribution in [0.3, 0.4) is 0 Å². The van der Waals surface area contributed by atoms with E-state index in [-0.39, 0.29) is 11.3 Å². The summed E-state index contributed by atoms with van der Waals surface area (Å²) >= 11 is 1.51. The molecule has 0 aliphatic carbocycles. The Hall–Kier alpha value is -1.42. The molecule has 0 aromatic heterocycles. The van der Waals surface area contributed by atoms with Crippen LogP contribution in [0.15, 0.2) is 17.2 Å². The summed E-state index contributed by atoms with van der Waals surface area (Å²) in [6.45, 7) is 8.12. The molecule has 1 aromatic carbocycles. The lowest BCUT2D eigenvalue weighted by Gasteiger charge is -2.22. The van der Waals surface area contributed by atoms with E-state index >= 15 is 0 Å². The van der Waals surface area contributed by atoms with Gasteiger partial charge in [0.1, 0.15) is 5.75 Å². The Morgan fingerprint density at radius 1 is 1.37 bits per heavy atom. The summed E-state index contributed by atoms with van der Waals surface area (Å²) in [6.07, 6.45) is 1.96. The minimum absolute atomic E-state index is 0.0443. The second-order valence-electron chi connectivity index (χ2n) is 5.83. The maximum atomic E-state index is 11.2. The fourth-order valence-corrected chi connectivity index (χ4v) is 2.81. The number of aromatic hydroxyl groups is 1. The molecule has 4 heteroatoms. The van der Waals surface area contributed by atoms with Crippen LogP contribution in [-0.4, -0.2) is 16.8 Å². The van der Waals surface area contributed by atoms with Crippen molar-refractivity contribution in [1.29, 1.82) is 0 Å². The molecule has 19 heavy (non-hydrogen) atoms. The average molecular weight is 277 g/mol. The zero-order valence-corrected chi connectivity index (χ0v) is 12.5. The third-order valence-corrected chi connectivity index (χ3v) is 3.99. The number of nitrogens with one attached hydrogen (secondary N) is 1. The number of carbonyl (C=O) groups is 1. The highest BCUT2D eigenvalue weighted by molar-refractivity contribution is 8.04. The molecular formula is C15H19NO2S. The Morgan fingerprint density at radius 3 is 2.58 bits per heavy atom. The van der Waals surface area contributed by atoms with Crippen molar-refractivity contribution >= 4 is 23.7 Å². The van der Waals surface area contributed by atoms with E-state index in [1.165, 1.54) is 11.8 Å². The molecule has 1 fully saturated rings. The number of phenolic OH excluding ortho intramolecular Hbond substituents is 1. The van der Waals surface area contributed by atoms with Gasteiger partial charge in [0.15, 0.2) is 0 Å². The number of rotatable bonds is 1. The number of benzene rings is 1. The topological polar surface area (TPSA) is 49.3 Å². The summed E-state index contributed by atoms with van der Waals surface area (Å²) < 4.78 is 0. The number of carbonyl (C=O) groups excluding carboxylic acids is 1. The molecule has 2 rings (SSSR count). The van der Waals surface area contributed by atoms with Gasteiger partial charge in [0.25, 0.3) is 0 Å². The van der Waals surface area contributed by atoms with Crippen LogP contribution in [0.1, 0.15) is 37.5 Å². The van der Waals surface area contributed by atoms with Crippen molar-refractivity contribution in [3.63, 3.8) is 0 Å². The first-order chi connectivity index (χ1) is 8.77. The number of aryl methyl sites for hydroxylation is 1. The molecule has 1 aliphatic rings. The number of thioether (sulfide) groups is 1. The minimum Gasteiger partial charge on any atom is -0.507 e. The molecular weight excluding hydrogens is 258 g/mol. The SMILES string of the molecule is Cc1cc(C=C2NC(=O)CS2)cc(C(C)(C)C)c1O. The van der Waals surface area contributed by atoms with Crippen LogP contribution in [0.25, 0.3) is 6.08 Å². The Morgan fingerprint density at radius 2 is 2.05 bits per heavy atom. The quantitative estimate of drug-likeness (QED) is 0.829. The highest BCUT2D eigenvalue weighted by Crippen LogP contribution is 2.35. The maximum Gasteiger partial charge on any atom is 0.235 e. The van der Waals surface area contributed by atoms with Gasteiger partial charge in [-0.2, -0.15) is 0 Å². The lowest BCUT2D eigenvalue weighted by Crippen LogP contribution is -2.14. The highest BCUT2D eigenvalue weighted by atomic mass is 32.2. The lowest BCUT2D eigenvalue weighted by molar-refractivity contribution is -0.117. The average Bonchev–Trinajstić information content (AvgIpc) is 2.67. The minimum atomic E-state index is -0.116. The van der Waals surface area contributed by atoms with Gasteiger partial charge in [0.05, 0.1) is 10.8 Å². The Labute approximate surface area is 118 Å². The van der Waals surface area contributed by atoms with Crippen molar-refractivity contribution in [2.24, 2.45) is 0 Å². The molecule has 1 aliphatic heterocycles. The Bertz CT molecular complexity index is 556. The van der Waals surface area contributed by atoms with Gasteiger partial charge in [-0.1, -0.05) is 32.5 Å². The van der Waals surface area contributed by atoms with Gasteiger partial charge in [-0.25, -0.2) is 0 Å². The molecule has 1 amide bonds. The zero-order chi connectivity index (χ0) is 14.2. The van der Waals surface area contributed by atoms with Crippen LogP contribution in [-0.2, 0) is 10.2 Å². The molecule has 0 unspecified atom stereocenters. The fourth-order valence-electron chi connectivity index (χ4n) is 2.04. The highest BCUT2D eigenvalue weighted by Gasteiger charge is 2.20. The summed E-state index contributed by atoms with van der Waals surface area (Å²) in [7, 11) is 0. The zero-order valence-electron chi connectivity index (χ0n) is 11.7. The van der Waals surface area contributed by atoms with E-state index in [9.17, 15) is 9.90 Å². The Balaban J connectivity index is 2.43. The molecule has 2 N–H and O–H groups in total. The molecule has 102 valence electrons. The summed E-state index contributed by atoms with van der Waals surface area (Å²) in [4.78, 5) is 11.2. The number of hydrogen-bond donors (Lipinski definition) is 2. The summed E-state index contributed by atoms with van der Waals surface area (Å²) in [5, 5.41) is 13.9. The van der Waals surface area contributed by atoms with Crippen LogP contribution < -0.4 is 5.32 Å². The largest absolute Gasteiger partial charge is 0.507 e.